The number of thioether (sulfide) groups is 1. The molecule has 0 amide bonds. The molecule has 2 heterocycles. The summed E-state index contributed by atoms with van der Waals surface area (Å²) in [5, 5.41) is 16.0. The van der Waals surface area contributed by atoms with Crippen molar-refractivity contribution < 1.29 is 27.5 Å². The summed E-state index contributed by atoms with van der Waals surface area (Å²) in [6.45, 7) is -2.95. The molecule has 26 heavy (non-hydrogen) atoms. The second kappa shape index (κ2) is 8.00. The Balaban J connectivity index is 1.74. The number of hydrogen-bond acceptors (Lipinski definition) is 7. The molecule has 0 saturated carbocycles. The van der Waals surface area contributed by atoms with E-state index in [4.69, 9.17) is 9.26 Å². The molecular formula is C16H13F2N3O4S. The van der Waals surface area contributed by atoms with Gasteiger partial charge in [-0.25, -0.2) is 0 Å². The molecule has 3 aromatic rings. The van der Waals surface area contributed by atoms with Crippen molar-refractivity contribution in [3.63, 3.8) is 0 Å². The molecule has 3 rings (SSSR count). The first-order valence-corrected chi connectivity index (χ1v) is 8.32. The molecule has 0 radical (unpaired) electrons. The fraction of sp³-hybridized carbons (Fsp3) is 0.188. The Morgan fingerprint density at radius 3 is 2.85 bits per heavy atom. The smallest absolute Gasteiger partial charge is 0.387 e. The van der Waals surface area contributed by atoms with Crippen molar-refractivity contribution in [3.05, 3.63) is 53.7 Å². The number of halogens is 2. The van der Waals surface area contributed by atoms with Gasteiger partial charge in [-0.3, -0.25) is 0 Å². The highest BCUT2D eigenvalue weighted by molar-refractivity contribution is 7.98. The van der Waals surface area contributed by atoms with Gasteiger partial charge in [-0.05, 0) is 36.0 Å². The molecular weight excluding hydrogens is 368 g/mol. The molecule has 0 atom stereocenters. The molecule has 0 N–H and O–H groups in total. The summed E-state index contributed by atoms with van der Waals surface area (Å²) in [4.78, 5) is 4.24. The van der Waals surface area contributed by atoms with E-state index in [0.29, 0.717) is 22.2 Å². The third kappa shape index (κ3) is 4.20. The maximum atomic E-state index is 12.4. The minimum atomic E-state index is -2.95. The van der Waals surface area contributed by atoms with Crippen LogP contribution in [-0.4, -0.2) is 23.9 Å². The van der Waals surface area contributed by atoms with Crippen molar-refractivity contribution >= 4 is 11.8 Å². The number of hydrogen-bond donors (Lipinski definition) is 0. The Labute approximate surface area is 151 Å². The van der Waals surface area contributed by atoms with E-state index in [-0.39, 0.29) is 17.3 Å². The highest BCUT2D eigenvalue weighted by Crippen LogP contribution is 2.32. The molecule has 1 aromatic carbocycles. The second-order valence-corrected chi connectivity index (χ2v) is 5.90. The topological polar surface area (TPSA) is 84.3 Å². The molecule has 0 fully saturated rings. The van der Waals surface area contributed by atoms with Gasteiger partial charge in [-0.2, -0.15) is 18.5 Å². The Hall–Kier alpha value is -2.88. The van der Waals surface area contributed by atoms with E-state index in [1.807, 2.05) is 0 Å². The molecule has 0 aliphatic rings. The Morgan fingerprint density at radius 2 is 2.12 bits per heavy atom. The summed E-state index contributed by atoms with van der Waals surface area (Å²) in [6.07, 6.45) is 1.40. The van der Waals surface area contributed by atoms with Crippen LogP contribution >= 0.6 is 11.8 Å². The van der Waals surface area contributed by atoms with E-state index in [2.05, 4.69) is 14.9 Å². The van der Waals surface area contributed by atoms with Gasteiger partial charge in [0.05, 0.1) is 12.9 Å². The Bertz CT molecular complexity index is 891. The number of ether oxygens (including phenoxy) is 2. The lowest BCUT2D eigenvalue weighted by atomic mass is 10.2. The molecule has 136 valence electrons. The summed E-state index contributed by atoms with van der Waals surface area (Å²) >= 11 is 1.25. The average molecular weight is 381 g/mol. The van der Waals surface area contributed by atoms with E-state index in [0.717, 1.165) is 4.73 Å². The fourth-order valence-electron chi connectivity index (χ4n) is 2.09. The van der Waals surface area contributed by atoms with Crippen LogP contribution < -0.4 is 14.2 Å². The predicted octanol–water partition coefficient (Wildman–Crippen LogP) is 3.27. The number of benzene rings is 1. The second-order valence-electron chi connectivity index (χ2n) is 4.91. The van der Waals surface area contributed by atoms with Crippen molar-refractivity contribution in [3.8, 4) is 22.9 Å². The summed E-state index contributed by atoms with van der Waals surface area (Å²) in [7, 11) is 1.34. The van der Waals surface area contributed by atoms with Crippen molar-refractivity contribution in [1.29, 1.82) is 0 Å². The zero-order valence-corrected chi connectivity index (χ0v) is 14.3. The van der Waals surface area contributed by atoms with Crippen LogP contribution in [0.5, 0.6) is 11.5 Å². The van der Waals surface area contributed by atoms with E-state index >= 15 is 0 Å². The van der Waals surface area contributed by atoms with Crippen LogP contribution in [0, 0.1) is 5.21 Å². The molecule has 0 saturated heterocycles. The van der Waals surface area contributed by atoms with Crippen LogP contribution in [0.25, 0.3) is 11.4 Å². The van der Waals surface area contributed by atoms with Crippen LogP contribution in [-0.2, 0) is 5.75 Å². The van der Waals surface area contributed by atoms with E-state index < -0.39 is 6.61 Å². The summed E-state index contributed by atoms with van der Waals surface area (Å²) in [5.74, 6) is 0.935. The normalized spacial score (nSPS) is 10.9. The predicted molar refractivity (Wildman–Crippen MR) is 87.9 cm³/mol. The summed E-state index contributed by atoms with van der Waals surface area (Å²) < 4.78 is 40.1. The minimum Gasteiger partial charge on any atom is -0.618 e. The molecule has 0 aliphatic carbocycles. The molecule has 0 aliphatic heterocycles. The molecule has 0 spiro atoms. The van der Waals surface area contributed by atoms with Crippen LogP contribution in [0.1, 0.15) is 5.89 Å². The first-order chi connectivity index (χ1) is 12.6. The quantitative estimate of drug-likeness (QED) is 0.353. The van der Waals surface area contributed by atoms with Crippen molar-refractivity contribution in [2.75, 3.05) is 7.11 Å². The summed E-state index contributed by atoms with van der Waals surface area (Å²) in [5.41, 5.74) is 0.516. The zero-order chi connectivity index (χ0) is 18.5. The average Bonchev–Trinajstić information content (AvgIpc) is 3.10. The number of pyridine rings is 1. The first kappa shape index (κ1) is 17.9. The van der Waals surface area contributed by atoms with Crippen LogP contribution in [0.2, 0.25) is 0 Å². The highest BCUT2D eigenvalue weighted by atomic mass is 32.2. The van der Waals surface area contributed by atoms with Gasteiger partial charge in [0, 0.05) is 17.7 Å². The maximum Gasteiger partial charge on any atom is 0.387 e. The number of rotatable bonds is 7. The van der Waals surface area contributed by atoms with Crippen molar-refractivity contribution in [1.82, 2.24) is 10.1 Å². The molecule has 7 nitrogen and oxygen atoms in total. The Kier molecular flexibility index (Phi) is 5.52. The number of methoxy groups -OCH3 is 1. The minimum absolute atomic E-state index is 0.0883. The molecule has 10 heteroatoms. The standard InChI is InChI=1S/C16H13F2N3O4S/c1-23-12-8-10(5-6-11(12)24-16(17)18)15-19-13(25-20-15)9-26-14-4-2-3-7-21(14)22/h2-8,16H,9H2,1H3. The number of aromatic nitrogens is 3. The molecule has 2 aromatic heterocycles. The van der Waals surface area contributed by atoms with E-state index in [9.17, 15) is 14.0 Å². The van der Waals surface area contributed by atoms with E-state index in [1.54, 1.807) is 18.2 Å². The van der Waals surface area contributed by atoms with Gasteiger partial charge in [0.25, 0.3) is 5.03 Å². The van der Waals surface area contributed by atoms with Crippen LogP contribution in [0.4, 0.5) is 8.78 Å². The van der Waals surface area contributed by atoms with Gasteiger partial charge >= 0.3 is 6.61 Å². The first-order valence-electron chi connectivity index (χ1n) is 7.33. The zero-order valence-electron chi connectivity index (χ0n) is 13.5. The van der Waals surface area contributed by atoms with Gasteiger partial charge in [0.2, 0.25) is 11.7 Å². The third-order valence-electron chi connectivity index (χ3n) is 3.24. The van der Waals surface area contributed by atoms with Gasteiger partial charge in [-0.15, -0.1) is 0 Å². The SMILES string of the molecule is COc1cc(-c2noc(CSc3cccc[n+]3[O-])n2)ccc1OC(F)F. The van der Waals surface area contributed by atoms with Crippen molar-refractivity contribution in [2.24, 2.45) is 0 Å². The van der Waals surface area contributed by atoms with Gasteiger partial charge in [0.15, 0.2) is 17.7 Å². The lowest BCUT2D eigenvalue weighted by molar-refractivity contribution is -0.645. The fourth-order valence-corrected chi connectivity index (χ4v) is 2.84. The molecule has 0 unspecified atom stereocenters. The lowest BCUT2D eigenvalue weighted by Crippen LogP contribution is -2.27. The largest absolute Gasteiger partial charge is 0.618 e. The van der Waals surface area contributed by atoms with E-state index in [1.165, 1.54) is 43.3 Å². The van der Waals surface area contributed by atoms with Crippen molar-refractivity contribution in [2.45, 2.75) is 17.4 Å². The number of nitrogens with zero attached hydrogens (tertiary/aromatic N) is 3. The Morgan fingerprint density at radius 1 is 1.27 bits per heavy atom. The maximum absolute atomic E-state index is 12.4. The van der Waals surface area contributed by atoms with Crippen LogP contribution in [0.15, 0.2) is 52.1 Å². The molecule has 0 bridgehead atoms. The highest BCUT2D eigenvalue weighted by Gasteiger charge is 2.15. The van der Waals surface area contributed by atoms with Gasteiger partial charge < -0.3 is 19.2 Å². The monoisotopic (exact) mass is 381 g/mol. The van der Waals surface area contributed by atoms with Gasteiger partial charge in [0.1, 0.15) is 0 Å². The van der Waals surface area contributed by atoms with Crippen LogP contribution in [0.3, 0.4) is 0 Å². The summed E-state index contributed by atoms with van der Waals surface area (Å²) in [6, 6.07) is 9.41. The lowest BCUT2D eigenvalue weighted by Gasteiger charge is -2.10. The van der Waals surface area contributed by atoms with Gasteiger partial charge in [-0.1, -0.05) is 5.16 Å². The third-order valence-corrected chi connectivity index (χ3v) is 4.24. The number of alkyl halides is 2.